The van der Waals surface area contributed by atoms with E-state index in [1.807, 2.05) is 0 Å². The molecular weight excluding hydrogens is 204 g/mol. The Balaban J connectivity index is 4.06. The van der Waals surface area contributed by atoms with E-state index in [2.05, 4.69) is 0 Å². The van der Waals surface area contributed by atoms with Gasteiger partial charge in [-0.05, 0) is 13.8 Å². The van der Waals surface area contributed by atoms with Crippen LogP contribution in [0.15, 0.2) is 0 Å². The summed E-state index contributed by atoms with van der Waals surface area (Å²) in [6, 6.07) is -0.944. The number of hydrogen-bond acceptors (Lipinski definition) is 4. The number of nitrogens with two attached hydrogens (primary N) is 2. The Morgan fingerprint density at radius 1 is 1.50 bits per heavy atom. The molecule has 0 fully saturated rings. The van der Waals surface area contributed by atoms with Crippen LogP contribution in [0.5, 0.6) is 0 Å². The first-order valence-corrected chi connectivity index (χ1v) is 5.16. The lowest BCUT2D eigenvalue weighted by Crippen LogP contribution is -2.47. The monoisotopic (exact) mass is 220 g/mol. The van der Waals surface area contributed by atoms with Crippen molar-refractivity contribution in [1.29, 1.82) is 0 Å². The molecule has 14 heavy (non-hydrogen) atoms. The number of thioether (sulfide) groups is 1. The molecule has 0 aromatic rings. The minimum Gasteiger partial charge on any atom is -0.480 e. The molecule has 0 aromatic heterocycles. The largest absolute Gasteiger partial charge is 0.480 e. The van der Waals surface area contributed by atoms with Gasteiger partial charge in [-0.15, -0.1) is 0 Å². The van der Waals surface area contributed by atoms with Gasteiger partial charge in [0.1, 0.15) is 6.04 Å². The number of primary amides is 1. The first-order valence-electron chi connectivity index (χ1n) is 4.18. The van der Waals surface area contributed by atoms with Crippen molar-refractivity contribution < 1.29 is 14.7 Å². The number of amides is 1. The highest BCUT2D eigenvalue weighted by Gasteiger charge is 2.32. The normalized spacial score (nSPS) is 13.6. The van der Waals surface area contributed by atoms with Crippen LogP contribution in [-0.4, -0.2) is 33.5 Å². The van der Waals surface area contributed by atoms with Crippen LogP contribution in [0.3, 0.4) is 0 Å². The Labute approximate surface area is 87.2 Å². The molecule has 1 atom stereocenters. The average Bonchev–Trinajstić information content (AvgIpc) is 2.01. The predicted octanol–water partition coefficient (Wildman–Crippen LogP) is -0.214. The molecule has 0 spiro atoms. The topological polar surface area (TPSA) is 106 Å². The minimum atomic E-state index is -1.04. The molecule has 0 rings (SSSR count). The number of carbonyl (C=O) groups excluding carboxylic acids is 1. The van der Waals surface area contributed by atoms with Crippen LogP contribution in [0.4, 0.5) is 0 Å². The van der Waals surface area contributed by atoms with Crippen LogP contribution >= 0.6 is 11.8 Å². The van der Waals surface area contributed by atoms with Gasteiger partial charge in [-0.3, -0.25) is 9.59 Å². The summed E-state index contributed by atoms with van der Waals surface area (Å²) in [5.74, 6) is -0.942. The summed E-state index contributed by atoms with van der Waals surface area (Å²) in [4.78, 5) is 21.1. The molecule has 0 aliphatic carbocycles. The van der Waals surface area contributed by atoms with Gasteiger partial charge in [0.05, 0.1) is 0 Å². The van der Waals surface area contributed by atoms with Gasteiger partial charge in [0.25, 0.3) is 0 Å². The Morgan fingerprint density at radius 2 is 2.00 bits per heavy atom. The molecule has 6 heteroatoms. The highest BCUT2D eigenvalue weighted by atomic mass is 32.2. The van der Waals surface area contributed by atoms with E-state index >= 15 is 0 Å². The van der Waals surface area contributed by atoms with E-state index in [0.717, 1.165) is 0 Å². The fraction of sp³-hybridized carbons (Fsp3) is 0.750. The van der Waals surface area contributed by atoms with E-state index in [1.54, 1.807) is 13.8 Å². The van der Waals surface area contributed by atoms with E-state index in [9.17, 15) is 9.59 Å². The number of carboxylic acids is 1. The van der Waals surface area contributed by atoms with Crippen molar-refractivity contribution in [3.63, 3.8) is 0 Å². The summed E-state index contributed by atoms with van der Waals surface area (Å²) >= 11 is 1.34. The maximum Gasteiger partial charge on any atom is 0.321 e. The third-order valence-electron chi connectivity index (χ3n) is 1.84. The van der Waals surface area contributed by atoms with E-state index < -0.39 is 22.7 Å². The molecule has 5 N–H and O–H groups in total. The fourth-order valence-corrected chi connectivity index (χ4v) is 1.91. The number of carbonyl (C=O) groups is 2. The minimum absolute atomic E-state index is 0.237. The Bertz CT molecular complexity index is 231. The van der Waals surface area contributed by atoms with E-state index in [4.69, 9.17) is 16.6 Å². The van der Waals surface area contributed by atoms with Crippen LogP contribution in [0.1, 0.15) is 20.3 Å². The number of carboxylic acid groups (broad SMARTS) is 1. The van der Waals surface area contributed by atoms with Crippen LogP contribution in [0, 0.1) is 0 Å². The molecule has 0 saturated heterocycles. The Kier molecular flexibility index (Phi) is 4.93. The maximum absolute atomic E-state index is 10.6. The standard InChI is InChI=1S/C8H16N2O3S/c1-8(2,6(10)7(12)13)14-4-3-5(9)11/h6H,3-4,10H2,1-2H3,(H2,9,11)(H,12,13)/t6-/m1/s1. The summed E-state index contributed by atoms with van der Waals surface area (Å²) in [5.41, 5.74) is 10.4. The average molecular weight is 220 g/mol. The number of aliphatic carboxylic acids is 1. The number of rotatable bonds is 6. The zero-order valence-electron chi connectivity index (χ0n) is 8.32. The Hall–Kier alpha value is -0.750. The fourth-order valence-electron chi connectivity index (χ4n) is 0.802. The van der Waals surface area contributed by atoms with Crippen LogP contribution in [0.25, 0.3) is 0 Å². The third kappa shape index (κ3) is 4.48. The third-order valence-corrected chi connectivity index (χ3v) is 3.24. The first kappa shape index (κ1) is 13.2. The molecule has 5 nitrogen and oxygen atoms in total. The van der Waals surface area contributed by atoms with Gasteiger partial charge in [-0.25, -0.2) is 0 Å². The summed E-state index contributed by atoms with van der Waals surface area (Å²) in [6.07, 6.45) is 0.237. The molecule has 0 unspecified atom stereocenters. The molecule has 0 radical (unpaired) electrons. The Morgan fingerprint density at radius 3 is 2.36 bits per heavy atom. The van der Waals surface area contributed by atoms with E-state index in [1.165, 1.54) is 11.8 Å². The highest BCUT2D eigenvalue weighted by molar-refractivity contribution is 8.00. The van der Waals surface area contributed by atoms with Gasteiger partial charge >= 0.3 is 5.97 Å². The van der Waals surface area contributed by atoms with Crippen molar-refractivity contribution in [2.24, 2.45) is 11.5 Å². The zero-order chi connectivity index (χ0) is 11.4. The molecule has 0 aromatic carbocycles. The van der Waals surface area contributed by atoms with Crippen molar-refractivity contribution in [3.05, 3.63) is 0 Å². The molecule has 0 heterocycles. The lowest BCUT2D eigenvalue weighted by atomic mass is 10.1. The molecule has 0 bridgehead atoms. The predicted molar refractivity (Wildman–Crippen MR) is 56.0 cm³/mol. The van der Waals surface area contributed by atoms with Crippen molar-refractivity contribution >= 4 is 23.6 Å². The molecule has 1 amide bonds. The van der Waals surface area contributed by atoms with Gasteiger partial charge in [0.2, 0.25) is 5.91 Å². The highest BCUT2D eigenvalue weighted by Crippen LogP contribution is 2.27. The lowest BCUT2D eigenvalue weighted by molar-refractivity contribution is -0.139. The number of hydrogen-bond donors (Lipinski definition) is 3. The summed E-state index contributed by atoms with van der Waals surface area (Å²) < 4.78 is -0.596. The van der Waals surface area contributed by atoms with Crippen molar-refractivity contribution in [1.82, 2.24) is 0 Å². The van der Waals surface area contributed by atoms with E-state index in [-0.39, 0.29) is 6.42 Å². The summed E-state index contributed by atoms with van der Waals surface area (Å²) in [6.45, 7) is 3.47. The lowest BCUT2D eigenvalue weighted by Gasteiger charge is -2.27. The second-order valence-electron chi connectivity index (χ2n) is 3.48. The van der Waals surface area contributed by atoms with Crippen molar-refractivity contribution in [2.75, 3.05) is 5.75 Å². The molecular formula is C8H16N2O3S. The van der Waals surface area contributed by atoms with Gasteiger partial charge in [0.15, 0.2) is 0 Å². The second kappa shape index (κ2) is 5.21. The smallest absolute Gasteiger partial charge is 0.321 e. The van der Waals surface area contributed by atoms with Crippen LogP contribution in [-0.2, 0) is 9.59 Å². The van der Waals surface area contributed by atoms with Crippen LogP contribution < -0.4 is 11.5 Å². The van der Waals surface area contributed by atoms with E-state index in [0.29, 0.717) is 5.75 Å². The first-order chi connectivity index (χ1) is 6.27. The van der Waals surface area contributed by atoms with Gasteiger partial charge < -0.3 is 16.6 Å². The maximum atomic E-state index is 10.6. The zero-order valence-corrected chi connectivity index (χ0v) is 9.13. The SMILES string of the molecule is CC(C)(SCCC(N)=O)[C@H](N)C(=O)O. The molecule has 0 aliphatic heterocycles. The molecule has 0 aliphatic rings. The summed E-state index contributed by atoms with van der Waals surface area (Å²) in [5, 5.41) is 8.70. The summed E-state index contributed by atoms with van der Waals surface area (Å²) in [7, 11) is 0. The molecule has 0 saturated carbocycles. The van der Waals surface area contributed by atoms with Gasteiger partial charge in [-0.1, -0.05) is 0 Å². The van der Waals surface area contributed by atoms with Gasteiger partial charge in [0, 0.05) is 16.9 Å². The van der Waals surface area contributed by atoms with Crippen molar-refractivity contribution in [3.8, 4) is 0 Å². The quantitative estimate of drug-likeness (QED) is 0.574. The second-order valence-corrected chi connectivity index (χ2v) is 5.23. The van der Waals surface area contributed by atoms with Gasteiger partial charge in [-0.2, -0.15) is 11.8 Å². The van der Waals surface area contributed by atoms with Crippen molar-refractivity contribution in [2.45, 2.75) is 31.1 Å². The van der Waals surface area contributed by atoms with Crippen LogP contribution in [0.2, 0.25) is 0 Å². The molecule has 82 valence electrons.